The van der Waals surface area contributed by atoms with Gasteiger partial charge >= 0.3 is 24.4 Å². The summed E-state index contributed by atoms with van der Waals surface area (Å²) in [7, 11) is 0. The molecule has 0 amide bonds. The van der Waals surface area contributed by atoms with Crippen LogP contribution in [0.3, 0.4) is 0 Å². The van der Waals surface area contributed by atoms with Gasteiger partial charge in [0.05, 0.1) is 0 Å². The Morgan fingerprint density at radius 1 is 1.50 bits per heavy atom. The van der Waals surface area contributed by atoms with Crippen molar-refractivity contribution in [3.63, 3.8) is 0 Å². The average molecular weight is 249 g/mol. The molecule has 6 heteroatoms. The molecule has 2 radical (unpaired) electrons. The monoisotopic (exact) mass is 248 g/mol. The minimum Gasteiger partial charge on any atom is -0.850 e. The Morgan fingerprint density at radius 2 is 1.50 bits per heavy atom. The Bertz CT molecular complexity index is 57.7. The van der Waals surface area contributed by atoms with Crippen LogP contribution in [-0.2, 0) is 24.1 Å². The Morgan fingerprint density at radius 3 is 1.50 bits per heavy atom. The van der Waals surface area contributed by atoms with E-state index >= 15 is 0 Å². The summed E-state index contributed by atoms with van der Waals surface area (Å²) < 4.78 is 0. The van der Waals surface area contributed by atoms with Crippen LogP contribution in [0.25, 0.3) is 0 Å². The zero-order valence-electron chi connectivity index (χ0n) is 2.53. The normalized spacial score (nSPS) is 9.83. The molecule has 0 saturated carbocycles. The van der Waals surface area contributed by atoms with Crippen molar-refractivity contribution in [2.75, 3.05) is 0 Å². The van der Waals surface area contributed by atoms with Crippen LogP contribution in [0.15, 0.2) is 0 Å². The van der Waals surface area contributed by atoms with Crippen molar-refractivity contribution in [3.8, 4) is 0 Å². The third-order valence-electron chi connectivity index (χ3n) is 0. The van der Waals surface area contributed by atoms with Crippen LogP contribution in [0.2, 0.25) is 0 Å². The Kier molecular flexibility index (Phi) is 6.59. The van der Waals surface area contributed by atoms with Gasteiger partial charge in [0.2, 0.25) is 0 Å². The Balaban J connectivity index is 0. The van der Waals surface area contributed by atoms with Gasteiger partial charge in [0.25, 0.3) is 0 Å². The van der Waals surface area contributed by atoms with Gasteiger partial charge in [-0.15, -0.1) is 0 Å². The molecule has 0 aromatic rings. The molecule has 34 valence electrons. The molecule has 2 nitrogen and oxygen atoms in total. The fraction of sp³-hybridized carbons (Fsp3) is 0. The van der Waals surface area contributed by atoms with Crippen molar-refractivity contribution in [1.82, 2.24) is 0 Å². The third-order valence-corrected chi connectivity index (χ3v) is 0. The molecule has 0 N–H and O–H groups in total. The zero-order valence-corrected chi connectivity index (χ0v) is 7.61. The summed E-state index contributed by atoms with van der Waals surface area (Å²) in [5, 5.41) is 0. The largest absolute Gasteiger partial charge is 3.00 e. The van der Waals surface area contributed by atoms with Crippen LogP contribution in [-0.4, -0.2) is 24.4 Å². The van der Waals surface area contributed by atoms with Gasteiger partial charge in [-0.25, -0.2) is 0 Å². The standard InChI is InChI=1S/H3O2PS2.Sb/c1-3(2,4)5;/h(H3,1,2,4,5);/q;+3/p-3. The van der Waals surface area contributed by atoms with Crippen molar-refractivity contribution in [2.45, 2.75) is 0 Å². The maximum atomic E-state index is 9.29. The van der Waals surface area contributed by atoms with Crippen molar-refractivity contribution in [3.05, 3.63) is 0 Å². The van der Waals surface area contributed by atoms with E-state index in [1.165, 1.54) is 0 Å². The molecule has 0 aliphatic rings. The summed E-state index contributed by atoms with van der Waals surface area (Å²) in [6.45, 7) is 0. The second-order valence-corrected chi connectivity index (χ2v) is 4.92. The van der Waals surface area contributed by atoms with Crippen LogP contribution in [0.1, 0.15) is 0 Å². The average Bonchev–Trinajstić information content (AvgIpc) is 0.722. The van der Waals surface area contributed by atoms with Crippen LogP contribution in [0.4, 0.5) is 0 Å². The first kappa shape index (κ1) is 10.7. The molecule has 0 fully saturated rings. The first-order chi connectivity index (χ1) is 2.00. The zero-order chi connectivity index (χ0) is 4.50. The van der Waals surface area contributed by atoms with Gasteiger partial charge in [0.1, 0.15) is 0 Å². The maximum Gasteiger partial charge on any atom is 3.00 e. The summed E-state index contributed by atoms with van der Waals surface area (Å²) in [5.74, 6) is 0. The minimum absolute atomic E-state index is 0. The molecule has 0 heterocycles. The molecule has 6 heavy (non-hydrogen) atoms. The predicted octanol–water partition coefficient (Wildman–Crippen LogP) is -1.90. The smallest absolute Gasteiger partial charge is 0.850 e. The van der Waals surface area contributed by atoms with Crippen molar-refractivity contribution in [1.29, 1.82) is 0 Å². The van der Waals surface area contributed by atoms with Crippen molar-refractivity contribution < 1.29 is 9.79 Å². The topological polar surface area (TPSA) is 46.1 Å². The SMILES string of the molecule is [O-]P([O-])(=S)[S-].[Sb+3]. The summed E-state index contributed by atoms with van der Waals surface area (Å²) in [6, 6.07) is 0. The van der Waals surface area contributed by atoms with Gasteiger partial charge < -0.3 is 27.7 Å². The predicted molar refractivity (Wildman–Crippen MR) is 27.4 cm³/mol. The second-order valence-electron chi connectivity index (χ2n) is 0.447. The third kappa shape index (κ3) is 42.6. The quantitative estimate of drug-likeness (QED) is 0.286. The fourth-order valence-electron chi connectivity index (χ4n) is 0. The molecule has 0 spiro atoms. The van der Waals surface area contributed by atoms with Crippen LogP contribution >= 0.6 is 5.69 Å². The summed E-state index contributed by atoms with van der Waals surface area (Å²) in [5.41, 5.74) is -3.72. The number of rotatable bonds is 0. The van der Waals surface area contributed by atoms with Crippen LogP contribution in [0, 0.1) is 0 Å². The van der Waals surface area contributed by atoms with E-state index in [4.69, 9.17) is 0 Å². The first-order valence-electron chi connectivity index (χ1n) is 0.730. The van der Waals surface area contributed by atoms with E-state index in [0.29, 0.717) is 0 Å². The van der Waals surface area contributed by atoms with Gasteiger partial charge in [-0.2, -0.15) is 11.8 Å². The van der Waals surface area contributed by atoms with Crippen molar-refractivity contribution >= 4 is 54.2 Å². The van der Waals surface area contributed by atoms with E-state index in [9.17, 15) is 9.79 Å². The van der Waals surface area contributed by atoms with E-state index in [1.807, 2.05) is 0 Å². The molecular weight excluding hydrogens is 249 g/mol. The Labute approximate surface area is 63.7 Å². The molecule has 0 saturated heterocycles. The van der Waals surface area contributed by atoms with Crippen molar-refractivity contribution in [2.24, 2.45) is 0 Å². The molecule has 0 aliphatic heterocycles. The fourth-order valence-corrected chi connectivity index (χ4v) is 0. The van der Waals surface area contributed by atoms with Gasteiger partial charge in [0, 0.05) is 0 Å². The van der Waals surface area contributed by atoms with Gasteiger partial charge in [-0.05, 0) is 0 Å². The van der Waals surface area contributed by atoms with E-state index in [2.05, 4.69) is 24.1 Å². The van der Waals surface area contributed by atoms with E-state index < -0.39 is 5.69 Å². The molecule has 0 aliphatic carbocycles. The van der Waals surface area contributed by atoms with Gasteiger partial charge in [-0.3, -0.25) is 0 Å². The van der Waals surface area contributed by atoms with Gasteiger partial charge in [-0.1, -0.05) is 0 Å². The van der Waals surface area contributed by atoms with E-state index in [-0.39, 0.29) is 24.4 Å². The molecule has 0 bridgehead atoms. The summed E-state index contributed by atoms with van der Waals surface area (Å²) >= 11 is 7.28. The molecule has 0 aromatic heterocycles. The molecular formula is O2PS2Sb. The molecule has 0 atom stereocenters. The van der Waals surface area contributed by atoms with E-state index in [0.717, 1.165) is 0 Å². The summed E-state index contributed by atoms with van der Waals surface area (Å²) in [4.78, 5) is 18.6. The molecule has 0 rings (SSSR count). The van der Waals surface area contributed by atoms with E-state index in [1.54, 1.807) is 0 Å². The minimum atomic E-state index is -3.72. The number of hydrogen-bond donors (Lipinski definition) is 0. The van der Waals surface area contributed by atoms with Crippen LogP contribution in [0.5, 0.6) is 0 Å². The first-order valence-corrected chi connectivity index (χ1v) is 4.38. The summed E-state index contributed by atoms with van der Waals surface area (Å²) in [6.07, 6.45) is 0. The number of hydrogen-bond acceptors (Lipinski definition) is 4. The molecule has 0 unspecified atom stereocenters. The van der Waals surface area contributed by atoms with Crippen LogP contribution < -0.4 is 9.79 Å². The Hall–Kier alpha value is 1.74. The maximum absolute atomic E-state index is 9.29. The van der Waals surface area contributed by atoms with Gasteiger partial charge in [0.15, 0.2) is 0 Å². The second kappa shape index (κ2) is 3.71. The molecule has 0 aromatic carbocycles.